The van der Waals surface area contributed by atoms with E-state index < -0.39 is 10.0 Å². The number of aromatic nitrogens is 1. The molecule has 10 heteroatoms. The lowest BCUT2D eigenvalue weighted by Crippen LogP contribution is -2.25. The molecular weight excluding hydrogens is 472 g/mol. The van der Waals surface area contributed by atoms with Gasteiger partial charge in [-0.2, -0.15) is 4.31 Å². The van der Waals surface area contributed by atoms with Crippen LogP contribution < -0.4 is 10.6 Å². The number of rotatable bonds is 6. The van der Waals surface area contributed by atoms with Gasteiger partial charge in [-0.05, 0) is 79.3 Å². The Morgan fingerprint density at radius 2 is 1.79 bits per heavy atom. The average molecular weight is 497 g/mol. The van der Waals surface area contributed by atoms with Crippen molar-refractivity contribution < 1.29 is 18.0 Å². The van der Waals surface area contributed by atoms with Crippen LogP contribution in [0.5, 0.6) is 0 Å². The van der Waals surface area contributed by atoms with Gasteiger partial charge in [0.1, 0.15) is 5.69 Å². The van der Waals surface area contributed by atoms with Crippen LogP contribution in [0, 0.1) is 0 Å². The van der Waals surface area contributed by atoms with Gasteiger partial charge < -0.3 is 15.6 Å². The van der Waals surface area contributed by atoms with Crippen molar-refractivity contribution >= 4 is 43.9 Å². The lowest BCUT2D eigenvalue weighted by Gasteiger charge is -2.16. The van der Waals surface area contributed by atoms with Crippen LogP contribution in [0.4, 0.5) is 10.7 Å². The van der Waals surface area contributed by atoms with Crippen LogP contribution in [-0.2, 0) is 40.7 Å². The number of carbonyl (C=O) groups excluding carboxylic acids is 2. The van der Waals surface area contributed by atoms with Crippen molar-refractivity contribution in [1.82, 2.24) is 9.29 Å². The molecule has 1 aromatic carbocycles. The van der Waals surface area contributed by atoms with E-state index in [1.807, 2.05) is 6.07 Å². The number of hydrogen-bond donors (Lipinski definition) is 3. The van der Waals surface area contributed by atoms with Crippen molar-refractivity contribution in [1.29, 1.82) is 0 Å². The summed E-state index contributed by atoms with van der Waals surface area (Å²) >= 11 is 1.36. The van der Waals surface area contributed by atoms with Crippen molar-refractivity contribution in [3.63, 3.8) is 0 Å². The Hall–Kier alpha value is -3.21. The third-order valence-corrected chi connectivity index (χ3v) is 8.99. The molecule has 2 aromatic heterocycles. The Morgan fingerprint density at radius 1 is 1.03 bits per heavy atom. The third kappa shape index (κ3) is 4.31. The molecule has 3 N–H and O–H groups in total. The summed E-state index contributed by atoms with van der Waals surface area (Å²) in [5, 5.41) is 6.22. The summed E-state index contributed by atoms with van der Waals surface area (Å²) in [7, 11) is -3.70. The Morgan fingerprint density at radius 3 is 2.50 bits per heavy atom. The Bertz CT molecular complexity index is 1340. The van der Waals surface area contributed by atoms with Crippen molar-refractivity contribution in [2.45, 2.75) is 43.7 Å². The Labute approximate surface area is 201 Å². The largest absolute Gasteiger partial charge is 0.354 e. The van der Waals surface area contributed by atoms with E-state index in [0.29, 0.717) is 16.4 Å². The number of aromatic amines is 1. The van der Waals surface area contributed by atoms with Crippen LogP contribution in [-0.4, -0.2) is 29.5 Å². The second-order valence-corrected chi connectivity index (χ2v) is 11.5. The maximum Gasteiger partial charge on any atom is 0.272 e. The lowest BCUT2D eigenvalue weighted by molar-refractivity contribution is -0.111. The van der Waals surface area contributed by atoms with Gasteiger partial charge in [-0.3, -0.25) is 9.59 Å². The van der Waals surface area contributed by atoms with E-state index in [0.717, 1.165) is 41.8 Å². The summed E-state index contributed by atoms with van der Waals surface area (Å²) in [6.45, 7) is 3.93. The van der Waals surface area contributed by atoms with Gasteiger partial charge in [0, 0.05) is 29.3 Å². The number of benzene rings is 1. The Balaban J connectivity index is 1.25. The molecule has 1 aliphatic carbocycles. The first kappa shape index (κ1) is 22.6. The van der Waals surface area contributed by atoms with Crippen molar-refractivity contribution in [3.05, 3.63) is 76.4 Å². The molecule has 1 aliphatic heterocycles. The fourth-order valence-corrected chi connectivity index (χ4v) is 6.89. The van der Waals surface area contributed by atoms with Crippen molar-refractivity contribution in [2.24, 2.45) is 0 Å². The van der Waals surface area contributed by atoms with Crippen LogP contribution in [0.2, 0.25) is 0 Å². The molecule has 0 fully saturated rings. The molecular formula is C24H24N4O4S2. The van der Waals surface area contributed by atoms with Gasteiger partial charge in [0.25, 0.3) is 5.91 Å². The van der Waals surface area contributed by atoms with E-state index in [1.54, 1.807) is 18.2 Å². The van der Waals surface area contributed by atoms with E-state index in [1.165, 1.54) is 39.4 Å². The lowest BCUT2D eigenvalue weighted by atomic mass is 9.98. The maximum atomic E-state index is 13.1. The summed E-state index contributed by atoms with van der Waals surface area (Å²) in [6, 6.07) is 9.92. The zero-order valence-electron chi connectivity index (χ0n) is 18.4. The van der Waals surface area contributed by atoms with Crippen LogP contribution in [0.25, 0.3) is 0 Å². The predicted octanol–water partition coefficient (Wildman–Crippen LogP) is 4.04. The number of sulfonamides is 1. The predicted molar refractivity (Wildman–Crippen MR) is 131 cm³/mol. The first-order chi connectivity index (χ1) is 16.3. The normalized spacial score (nSPS) is 15.4. The van der Waals surface area contributed by atoms with Crippen LogP contribution in [0.1, 0.15) is 45.0 Å². The molecule has 0 bridgehead atoms. The van der Waals surface area contributed by atoms with Gasteiger partial charge in [-0.25, -0.2) is 8.42 Å². The number of amides is 2. The molecule has 3 aromatic rings. The highest BCUT2D eigenvalue weighted by molar-refractivity contribution is 7.89. The molecule has 0 unspecified atom stereocenters. The number of aryl methyl sites for hydroxylation is 2. The molecule has 0 saturated carbocycles. The minimum absolute atomic E-state index is 0.163. The summed E-state index contributed by atoms with van der Waals surface area (Å²) in [5.74, 6) is -0.541. The molecule has 0 radical (unpaired) electrons. The number of anilines is 2. The summed E-state index contributed by atoms with van der Waals surface area (Å²) in [6.07, 6.45) is 5.41. The van der Waals surface area contributed by atoms with E-state index in [9.17, 15) is 18.0 Å². The monoisotopic (exact) mass is 496 g/mol. The highest BCUT2D eigenvalue weighted by Gasteiger charge is 2.32. The Kier molecular flexibility index (Phi) is 5.88. The average Bonchev–Trinajstić information content (AvgIpc) is 3.52. The fourth-order valence-electron chi connectivity index (χ4n) is 4.33. The van der Waals surface area contributed by atoms with Gasteiger partial charge in [0.15, 0.2) is 0 Å². The standard InChI is InChI=1S/C24H24N4O4S2/c1-2-22(29)27-23-12-16-13-28(14-21(16)33-23)34(31,32)18-9-7-17(8-10-18)25-24(30)20-11-15-5-3-4-6-19(15)26-20/h2,7-12,26H,1,3-6,13-14H2,(H,25,30)(H,27,29). The SMILES string of the molecule is C=CC(=O)Nc1cc2c(s1)CN(S(=O)(=O)c1ccc(NC(=O)c3cc4c([nH]3)CCCC4)cc1)C2. The summed E-state index contributed by atoms with van der Waals surface area (Å²) < 4.78 is 27.7. The topological polar surface area (TPSA) is 111 Å². The molecule has 8 nitrogen and oxygen atoms in total. The molecule has 2 amide bonds. The highest BCUT2D eigenvalue weighted by Crippen LogP contribution is 2.37. The highest BCUT2D eigenvalue weighted by atomic mass is 32.2. The molecule has 5 rings (SSSR count). The van der Waals surface area contributed by atoms with Crippen LogP contribution in [0.3, 0.4) is 0 Å². The molecule has 0 atom stereocenters. The van der Waals surface area contributed by atoms with Gasteiger partial charge in [0.2, 0.25) is 15.9 Å². The smallest absolute Gasteiger partial charge is 0.272 e. The van der Waals surface area contributed by atoms with Crippen molar-refractivity contribution in [2.75, 3.05) is 10.6 Å². The number of H-pyrrole nitrogens is 1. The van der Waals surface area contributed by atoms with Crippen LogP contribution >= 0.6 is 11.3 Å². The van der Waals surface area contributed by atoms with E-state index >= 15 is 0 Å². The zero-order chi connectivity index (χ0) is 23.9. The summed E-state index contributed by atoms with van der Waals surface area (Å²) in [4.78, 5) is 28.4. The van der Waals surface area contributed by atoms with E-state index in [-0.39, 0.29) is 29.8 Å². The molecule has 176 valence electrons. The summed E-state index contributed by atoms with van der Waals surface area (Å²) in [5.41, 5.74) is 4.26. The molecule has 2 aliphatic rings. The molecule has 0 saturated heterocycles. The second-order valence-electron chi connectivity index (χ2n) is 8.40. The van der Waals surface area contributed by atoms with Crippen LogP contribution in [0.15, 0.2) is 53.9 Å². The minimum Gasteiger partial charge on any atom is -0.354 e. The van der Waals surface area contributed by atoms with Gasteiger partial charge in [-0.15, -0.1) is 11.3 Å². The molecule has 34 heavy (non-hydrogen) atoms. The zero-order valence-corrected chi connectivity index (χ0v) is 20.0. The number of thiophene rings is 1. The maximum absolute atomic E-state index is 13.1. The quantitative estimate of drug-likeness (QED) is 0.447. The number of hydrogen-bond acceptors (Lipinski definition) is 5. The number of nitrogens with zero attached hydrogens (tertiary/aromatic N) is 1. The third-order valence-electron chi connectivity index (χ3n) is 6.10. The second kappa shape index (κ2) is 8.86. The number of nitrogens with one attached hydrogen (secondary N) is 3. The fraction of sp³-hybridized carbons (Fsp3) is 0.250. The number of fused-ring (bicyclic) bond motifs is 2. The number of carbonyl (C=O) groups is 2. The van der Waals surface area contributed by atoms with Crippen molar-refractivity contribution in [3.8, 4) is 0 Å². The van der Waals surface area contributed by atoms with Gasteiger partial charge in [0.05, 0.1) is 9.90 Å². The first-order valence-corrected chi connectivity index (χ1v) is 13.3. The van der Waals surface area contributed by atoms with E-state index in [2.05, 4.69) is 22.2 Å². The van der Waals surface area contributed by atoms with E-state index in [4.69, 9.17) is 0 Å². The molecule has 0 spiro atoms. The van der Waals surface area contributed by atoms with Gasteiger partial charge in [-0.1, -0.05) is 6.58 Å². The van der Waals surface area contributed by atoms with Gasteiger partial charge >= 0.3 is 0 Å². The minimum atomic E-state index is -3.70. The first-order valence-electron chi connectivity index (χ1n) is 11.0. The molecule has 3 heterocycles.